The van der Waals surface area contributed by atoms with Crippen LogP contribution in [0.15, 0.2) is 18.2 Å². The zero-order valence-corrected chi connectivity index (χ0v) is 13.7. The number of nitrogens with zero attached hydrogens (tertiary/aromatic N) is 1. The van der Waals surface area contributed by atoms with Gasteiger partial charge in [0.15, 0.2) is 0 Å². The minimum absolute atomic E-state index is 0. The molecule has 0 radical (unpaired) electrons. The second kappa shape index (κ2) is 8.53. The molecule has 1 aromatic rings. The second-order valence-electron chi connectivity index (χ2n) is 3.13. The Bertz CT molecular complexity index is 244. The summed E-state index contributed by atoms with van der Waals surface area (Å²) in [5, 5.41) is 0. The molecule has 0 N–H and O–H groups in total. The maximum Gasteiger partial charge on any atom is 2.00 e. The third-order valence-electron chi connectivity index (χ3n) is 1.89. The van der Waals surface area contributed by atoms with Gasteiger partial charge in [0.05, 0.1) is 0 Å². The summed E-state index contributed by atoms with van der Waals surface area (Å²) in [4.78, 5) is 2.16. The van der Waals surface area contributed by atoms with Crippen LogP contribution in [0.4, 0.5) is 5.69 Å². The van der Waals surface area contributed by atoms with Crippen molar-refractivity contribution in [3.8, 4) is 0 Å². The van der Waals surface area contributed by atoms with Gasteiger partial charge >= 0.3 is 19.5 Å². The molecule has 0 saturated carbocycles. The van der Waals surface area contributed by atoms with Crippen LogP contribution >= 0.6 is 12.4 Å². The molecule has 0 aromatic heterocycles. The normalized spacial score (nSPS) is 7.71. The van der Waals surface area contributed by atoms with Gasteiger partial charge < -0.3 is 17.3 Å². The number of anilines is 1. The van der Waals surface area contributed by atoms with Crippen molar-refractivity contribution in [3.63, 3.8) is 0 Å². The first-order chi connectivity index (χ1) is 5.13. The predicted molar refractivity (Wildman–Crippen MR) is 57.5 cm³/mol. The first-order valence-electron chi connectivity index (χ1n) is 3.86. The number of benzene rings is 1. The number of para-hydroxylation sites is 1. The molecule has 0 unspecified atom stereocenters. The summed E-state index contributed by atoms with van der Waals surface area (Å²) in [6.07, 6.45) is 0. The number of rotatable bonds is 1. The van der Waals surface area contributed by atoms with Gasteiger partial charge in [-0.15, -0.1) is 12.4 Å². The van der Waals surface area contributed by atoms with Crippen LogP contribution in [-0.4, -0.2) is 14.1 Å². The Labute approximate surface area is 112 Å². The van der Waals surface area contributed by atoms with E-state index in [-0.39, 0.29) is 44.3 Å². The van der Waals surface area contributed by atoms with E-state index >= 15 is 0 Å². The van der Waals surface area contributed by atoms with Crippen LogP contribution in [0.25, 0.3) is 0 Å². The van der Waals surface area contributed by atoms with Crippen LogP contribution < -0.4 is 17.3 Å². The van der Waals surface area contributed by atoms with Crippen LogP contribution in [0.2, 0.25) is 0 Å². The van der Waals surface area contributed by atoms with Gasteiger partial charge in [0.25, 0.3) is 0 Å². The van der Waals surface area contributed by atoms with E-state index in [9.17, 15) is 0 Å². The maximum atomic E-state index is 2.16. The molecule has 0 spiro atoms. The van der Waals surface area contributed by atoms with E-state index in [0.717, 1.165) is 0 Å². The summed E-state index contributed by atoms with van der Waals surface area (Å²) in [6, 6.07) is 6.38. The zero-order valence-electron chi connectivity index (χ0n) is 9.17. The molecule has 0 saturated heterocycles. The van der Waals surface area contributed by atoms with Gasteiger partial charge in [0.1, 0.15) is 0 Å². The average molecular weight is 287 g/mol. The Kier molecular flexibility index (Phi) is 12.0. The largest absolute Gasteiger partial charge is 2.00 e. The van der Waals surface area contributed by atoms with E-state index in [4.69, 9.17) is 0 Å². The Morgan fingerprint density at radius 2 is 1.36 bits per heavy atom. The van der Waals surface area contributed by atoms with Gasteiger partial charge in [0, 0.05) is 19.8 Å². The number of halogens is 2. The molecule has 14 heavy (non-hydrogen) atoms. The molecule has 0 aliphatic rings. The van der Waals surface area contributed by atoms with Crippen molar-refractivity contribution in [2.45, 2.75) is 13.8 Å². The van der Waals surface area contributed by atoms with Crippen LogP contribution in [0.5, 0.6) is 0 Å². The molecule has 0 amide bonds. The molecule has 1 nitrogen and oxygen atoms in total. The van der Waals surface area contributed by atoms with Crippen molar-refractivity contribution in [3.05, 3.63) is 29.3 Å². The molecular weight excluding hydrogens is 270 g/mol. The number of aryl methyl sites for hydroxylation is 2. The molecular formula is C10H16Cl2NZn+. The van der Waals surface area contributed by atoms with Gasteiger partial charge in [-0.1, -0.05) is 18.2 Å². The first-order valence-corrected chi connectivity index (χ1v) is 3.86. The van der Waals surface area contributed by atoms with Crippen molar-refractivity contribution < 1.29 is 31.9 Å². The van der Waals surface area contributed by atoms with Gasteiger partial charge in [-0.3, -0.25) is 0 Å². The first kappa shape index (κ1) is 19.7. The van der Waals surface area contributed by atoms with Crippen molar-refractivity contribution in [2.24, 2.45) is 0 Å². The van der Waals surface area contributed by atoms with E-state index in [1.54, 1.807) is 0 Å². The van der Waals surface area contributed by atoms with Crippen LogP contribution in [0.3, 0.4) is 0 Å². The fourth-order valence-electron chi connectivity index (χ4n) is 1.51. The molecule has 4 heteroatoms. The summed E-state index contributed by atoms with van der Waals surface area (Å²) in [5.74, 6) is 0. The van der Waals surface area contributed by atoms with Gasteiger partial charge in [-0.2, -0.15) is 0 Å². The van der Waals surface area contributed by atoms with Crippen LogP contribution in [-0.2, 0) is 19.5 Å². The molecule has 0 atom stereocenters. The smallest absolute Gasteiger partial charge is 1.00 e. The topological polar surface area (TPSA) is 3.24 Å². The Morgan fingerprint density at radius 3 is 1.57 bits per heavy atom. The summed E-state index contributed by atoms with van der Waals surface area (Å²) >= 11 is 0. The van der Waals surface area contributed by atoms with Gasteiger partial charge in [-0.05, 0) is 25.0 Å². The molecule has 76 valence electrons. The number of hydrogen-bond donors (Lipinski definition) is 0. The van der Waals surface area contributed by atoms with E-state index in [1.807, 2.05) is 0 Å². The SMILES string of the molecule is Cc1cccc(C)c1N(C)C.Cl.[Cl-].[Zn+2]. The van der Waals surface area contributed by atoms with Crippen molar-refractivity contribution in [1.29, 1.82) is 0 Å². The molecule has 0 aliphatic heterocycles. The monoisotopic (exact) mass is 284 g/mol. The summed E-state index contributed by atoms with van der Waals surface area (Å²) in [5.41, 5.74) is 4.03. The van der Waals surface area contributed by atoms with Crippen LogP contribution in [0, 0.1) is 13.8 Å². The Hall–Kier alpha value is 0.223. The molecule has 0 fully saturated rings. The van der Waals surface area contributed by atoms with Crippen molar-refractivity contribution >= 4 is 18.1 Å². The standard InChI is InChI=1S/C10H15N.2ClH.Zn/c1-8-6-5-7-9(2)10(8)11(3)4;;;/h5-7H,1-4H3;2*1H;/q;;;+2/p-1. The quantitative estimate of drug-likeness (QED) is 0.646. The molecule has 0 aliphatic carbocycles. The third-order valence-corrected chi connectivity index (χ3v) is 1.89. The van der Waals surface area contributed by atoms with Crippen molar-refractivity contribution in [1.82, 2.24) is 0 Å². The molecule has 0 bridgehead atoms. The third kappa shape index (κ3) is 4.64. The van der Waals surface area contributed by atoms with Gasteiger partial charge in [-0.25, -0.2) is 0 Å². The van der Waals surface area contributed by atoms with Crippen LogP contribution in [0.1, 0.15) is 11.1 Å². The number of hydrogen-bond acceptors (Lipinski definition) is 1. The predicted octanol–water partition coefficient (Wildman–Crippen LogP) is -0.207. The molecule has 1 aromatic carbocycles. The molecule has 1 rings (SSSR count). The van der Waals surface area contributed by atoms with Gasteiger partial charge in [0.2, 0.25) is 0 Å². The Balaban J connectivity index is -0.000000403. The Morgan fingerprint density at radius 1 is 1.00 bits per heavy atom. The van der Waals surface area contributed by atoms with E-state index in [0.29, 0.717) is 0 Å². The average Bonchev–Trinajstić information content (AvgIpc) is 1.85. The van der Waals surface area contributed by atoms with E-state index in [1.165, 1.54) is 16.8 Å². The van der Waals surface area contributed by atoms with E-state index in [2.05, 4.69) is 51.0 Å². The minimum atomic E-state index is 0. The fraction of sp³-hybridized carbons (Fsp3) is 0.400. The second-order valence-corrected chi connectivity index (χ2v) is 3.13. The summed E-state index contributed by atoms with van der Waals surface area (Å²) < 4.78 is 0. The zero-order chi connectivity index (χ0) is 8.43. The molecule has 0 heterocycles. The summed E-state index contributed by atoms with van der Waals surface area (Å²) in [6.45, 7) is 4.28. The fourth-order valence-corrected chi connectivity index (χ4v) is 1.51. The maximum absolute atomic E-state index is 2.16. The summed E-state index contributed by atoms with van der Waals surface area (Å²) in [7, 11) is 4.16. The minimum Gasteiger partial charge on any atom is -1.00 e. The van der Waals surface area contributed by atoms with E-state index < -0.39 is 0 Å². The van der Waals surface area contributed by atoms with Crippen molar-refractivity contribution in [2.75, 3.05) is 19.0 Å².